The highest BCUT2D eigenvalue weighted by molar-refractivity contribution is 5.71. The van der Waals surface area contributed by atoms with Crippen LogP contribution >= 0.6 is 0 Å². The number of rotatable bonds is 63. The molecule has 474 valence electrons. The molecule has 0 aromatic carbocycles. The second-order valence-corrected chi connectivity index (χ2v) is 23.0. The van der Waals surface area contributed by atoms with E-state index in [0.717, 1.165) is 96.3 Å². The molecule has 6 nitrogen and oxygen atoms in total. The maximum Gasteiger partial charge on any atom is 0.306 e. The summed E-state index contributed by atoms with van der Waals surface area (Å²) in [6.45, 7) is 6.35. The first kappa shape index (κ1) is 78.8. The van der Waals surface area contributed by atoms with Gasteiger partial charge in [-0.2, -0.15) is 0 Å². The van der Waals surface area contributed by atoms with E-state index in [0.29, 0.717) is 19.3 Å². The molecule has 83 heavy (non-hydrogen) atoms. The van der Waals surface area contributed by atoms with Crippen LogP contribution in [0.2, 0.25) is 0 Å². The van der Waals surface area contributed by atoms with Gasteiger partial charge < -0.3 is 14.2 Å². The predicted molar refractivity (Wildman–Crippen MR) is 362 cm³/mol. The molecule has 1 unspecified atom stereocenters. The molecule has 0 fully saturated rings. The van der Waals surface area contributed by atoms with Gasteiger partial charge in [0.2, 0.25) is 0 Å². The van der Waals surface area contributed by atoms with E-state index in [9.17, 15) is 14.4 Å². The summed E-state index contributed by atoms with van der Waals surface area (Å²) in [5.74, 6) is -1.03. The van der Waals surface area contributed by atoms with Gasteiger partial charge in [-0.05, 0) is 96.3 Å². The first-order chi connectivity index (χ1) is 41.0. The van der Waals surface area contributed by atoms with Crippen LogP contribution in [-0.2, 0) is 28.6 Å². The SMILES string of the molecule is CC/C=C\C/C=C\C/C=C\C/C=C\C/C=C\CCCC(=O)OCC(COC(=O)CCCCCCCCCCCCCCCCCCCCCCCCCCCCCCCCC)OC(=O)CCC/C=C\C/C=C\C/C=C\C/C=C\C/C=C\CC. The van der Waals surface area contributed by atoms with Gasteiger partial charge in [0.25, 0.3) is 0 Å². The Morgan fingerprint density at radius 2 is 0.470 bits per heavy atom. The maximum atomic E-state index is 12.9. The summed E-state index contributed by atoms with van der Waals surface area (Å²) in [6.07, 6.45) is 98.3. The number of esters is 3. The Kier molecular flexibility index (Phi) is 66.7. The van der Waals surface area contributed by atoms with Gasteiger partial charge >= 0.3 is 17.9 Å². The average molecular weight is 1150 g/mol. The normalized spacial score (nSPS) is 12.9. The molecule has 0 radical (unpaired) electrons. The molecule has 0 saturated heterocycles. The van der Waals surface area contributed by atoms with Gasteiger partial charge in [0, 0.05) is 19.3 Å². The topological polar surface area (TPSA) is 78.9 Å². The number of carbonyl (C=O) groups is 3. The van der Waals surface area contributed by atoms with E-state index in [1.165, 1.54) is 180 Å². The van der Waals surface area contributed by atoms with Crippen LogP contribution in [0.15, 0.2) is 122 Å². The Labute approximate surface area is 513 Å². The smallest absolute Gasteiger partial charge is 0.306 e. The van der Waals surface area contributed by atoms with Crippen molar-refractivity contribution in [2.24, 2.45) is 0 Å². The van der Waals surface area contributed by atoms with Crippen molar-refractivity contribution >= 4 is 17.9 Å². The van der Waals surface area contributed by atoms with Crippen LogP contribution in [0, 0.1) is 0 Å². The highest BCUT2D eigenvalue weighted by Gasteiger charge is 2.19. The summed E-state index contributed by atoms with van der Waals surface area (Å²) in [7, 11) is 0. The second kappa shape index (κ2) is 70.3. The van der Waals surface area contributed by atoms with Crippen LogP contribution in [0.4, 0.5) is 0 Å². The third-order valence-corrected chi connectivity index (χ3v) is 15.0. The molecule has 0 heterocycles. The van der Waals surface area contributed by atoms with E-state index in [4.69, 9.17) is 14.2 Å². The molecule has 0 aliphatic heterocycles. The lowest BCUT2D eigenvalue weighted by Crippen LogP contribution is -2.30. The Hall–Kier alpha value is -4.19. The van der Waals surface area contributed by atoms with Gasteiger partial charge in [0.15, 0.2) is 6.10 Å². The van der Waals surface area contributed by atoms with Crippen molar-refractivity contribution in [3.63, 3.8) is 0 Å². The van der Waals surface area contributed by atoms with Crippen LogP contribution in [0.3, 0.4) is 0 Å². The highest BCUT2D eigenvalue weighted by Crippen LogP contribution is 2.18. The number of hydrogen-bond donors (Lipinski definition) is 0. The Bertz CT molecular complexity index is 1700. The fourth-order valence-corrected chi connectivity index (χ4v) is 9.81. The molecular formula is C77H130O6. The zero-order chi connectivity index (χ0) is 59.9. The lowest BCUT2D eigenvalue weighted by atomic mass is 10.0. The molecule has 0 saturated carbocycles. The monoisotopic (exact) mass is 1150 g/mol. The molecule has 0 aromatic rings. The van der Waals surface area contributed by atoms with E-state index < -0.39 is 6.10 Å². The van der Waals surface area contributed by atoms with E-state index in [1.807, 2.05) is 0 Å². The summed E-state index contributed by atoms with van der Waals surface area (Å²) < 4.78 is 16.8. The molecular weight excluding hydrogens is 1020 g/mol. The molecule has 1 atom stereocenters. The number of allylic oxidation sites excluding steroid dienone is 20. The highest BCUT2D eigenvalue weighted by atomic mass is 16.6. The van der Waals surface area contributed by atoms with Gasteiger partial charge in [-0.3, -0.25) is 14.4 Å². The molecule has 0 rings (SSSR count). The third-order valence-electron chi connectivity index (χ3n) is 15.0. The van der Waals surface area contributed by atoms with Crippen molar-refractivity contribution < 1.29 is 28.6 Å². The largest absolute Gasteiger partial charge is 0.462 e. The van der Waals surface area contributed by atoms with Crippen molar-refractivity contribution in [3.8, 4) is 0 Å². The van der Waals surface area contributed by atoms with Crippen molar-refractivity contribution in [2.75, 3.05) is 13.2 Å². The van der Waals surface area contributed by atoms with E-state index in [2.05, 4.69) is 142 Å². The van der Waals surface area contributed by atoms with Gasteiger partial charge in [-0.1, -0.05) is 335 Å². The molecule has 0 aliphatic rings. The summed E-state index contributed by atoms with van der Waals surface area (Å²) >= 11 is 0. The fraction of sp³-hybridized carbons (Fsp3) is 0.701. The Balaban J connectivity index is 4.32. The first-order valence-electron chi connectivity index (χ1n) is 35.0. The van der Waals surface area contributed by atoms with Crippen LogP contribution in [-0.4, -0.2) is 37.2 Å². The van der Waals surface area contributed by atoms with Crippen molar-refractivity contribution in [1.29, 1.82) is 0 Å². The predicted octanol–water partition coefficient (Wildman–Crippen LogP) is 24.3. The van der Waals surface area contributed by atoms with E-state index in [1.54, 1.807) is 0 Å². The van der Waals surface area contributed by atoms with Crippen molar-refractivity contribution in [2.45, 2.75) is 335 Å². The fourth-order valence-electron chi connectivity index (χ4n) is 9.81. The molecule has 6 heteroatoms. The maximum absolute atomic E-state index is 12.9. The summed E-state index contributed by atoms with van der Waals surface area (Å²) in [4.78, 5) is 38.3. The van der Waals surface area contributed by atoms with Crippen LogP contribution in [0.1, 0.15) is 329 Å². The Morgan fingerprint density at radius 3 is 0.735 bits per heavy atom. The number of carbonyl (C=O) groups excluding carboxylic acids is 3. The van der Waals surface area contributed by atoms with E-state index >= 15 is 0 Å². The lowest BCUT2D eigenvalue weighted by Gasteiger charge is -2.18. The minimum Gasteiger partial charge on any atom is -0.462 e. The third kappa shape index (κ3) is 68.5. The number of unbranched alkanes of at least 4 members (excludes halogenated alkanes) is 32. The summed E-state index contributed by atoms with van der Waals surface area (Å²) in [5, 5.41) is 0. The molecule has 0 aromatic heterocycles. The number of ether oxygens (including phenoxy) is 3. The second-order valence-electron chi connectivity index (χ2n) is 23.0. The van der Waals surface area contributed by atoms with Gasteiger partial charge in [-0.15, -0.1) is 0 Å². The van der Waals surface area contributed by atoms with Crippen molar-refractivity contribution in [1.82, 2.24) is 0 Å². The van der Waals surface area contributed by atoms with Crippen LogP contribution in [0.5, 0.6) is 0 Å². The zero-order valence-corrected chi connectivity index (χ0v) is 54.4. The van der Waals surface area contributed by atoms with Gasteiger partial charge in [-0.25, -0.2) is 0 Å². The molecule has 0 N–H and O–H groups in total. The molecule has 0 bridgehead atoms. The summed E-state index contributed by atoms with van der Waals surface area (Å²) in [5.41, 5.74) is 0. The summed E-state index contributed by atoms with van der Waals surface area (Å²) in [6, 6.07) is 0. The standard InChI is InChI=1S/C77H130O6/c1-4-7-10-13-16-19-22-25-28-31-32-33-34-35-36-37-38-39-40-41-42-43-44-47-49-52-55-58-61-64-67-70-76(79)82-73-74(83-77(80)71-68-65-62-59-56-53-50-46-30-27-24-21-18-15-12-9-6-3)72-81-75(78)69-66-63-60-57-54-51-48-45-29-26-23-20-17-14-11-8-5-2/h8-9,11-12,17-18,20-21,26-27,29-30,48,50-51,53,57,59-60,62,74H,4-7,10,13-16,19,22-25,28,31-47,49,52,54-56,58,61,63-73H2,1-3H3/b11-8-,12-9-,20-17-,21-18-,29-26-,30-27-,51-48-,53-50-,60-57-,62-59-. The molecule has 0 spiro atoms. The van der Waals surface area contributed by atoms with Gasteiger partial charge in [0.1, 0.15) is 13.2 Å². The molecule has 0 amide bonds. The minimum atomic E-state index is -0.835. The van der Waals surface area contributed by atoms with Gasteiger partial charge in [0.05, 0.1) is 0 Å². The quantitative estimate of drug-likeness (QED) is 0.0261. The molecule has 0 aliphatic carbocycles. The minimum absolute atomic E-state index is 0.119. The number of hydrogen-bond acceptors (Lipinski definition) is 6. The zero-order valence-electron chi connectivity index (χ0n) is 54.4. The average Bonchev–Trinajstić information content (AvgIpc) is 3.50. The van der Waals surface area contributed by atoms with Crippen LogP contribution < -0.4 is 0 Å². The lowest BCUT2D eigenvalue weighted by molar-refractivity contribution is -0.167. The Morgan fingerprint density at radius 1 is 0.253 bits per heavy atom. The first-order valence-corrected chi connectivity index (χ1v) is 35.0. The van der Waals surface area contributed by atoms with Crippen molar-refractivity contribution in [3.05, 3.63) is 122 Å². The van der Waals surface area contributed by atoms with Crippen LogP contribution in [0.25, 0.3) is 0 Å². The van der Waals surface area contributed by atoms with E-state index in [-0.39, 0.29) is 44.0 Å².